The van der Waals surface area contributed by atoms with Crippen LogP contribution in [0.25, 0.3) is 11.0 Å². The van der Waals surface area contributed by atoms with Gasteiger partial charge in [0.15, 0.2) is 0 Å². The molecule has 0 aliphatic carbocycles. The summed E-state index contributed by atoms with van der Waals surface area (Å²) in [6.07, 6.45) is 1.51. The van der Waals surface area contributed by atoms with Crippen LogP contribution in [0, 0.1) is 0 Å². The molecule has 30 heavy (non-hydrogen) atoms. The molecule has 10 heteroatoms. The molecule has 1 atom stereocenters. The van der Waals surface area contributed by atoms with E-state index in [9.17, 15) is 23.3 Å². The number of furan rings is 1. The molecule has 8 nitrogen and oxygen atoms in total. The van der Waals surface area contributed by atoms with Gasteiger partial charge in [0.25, 0.3) is 5.91 Å². The average Bonchev–Trinajstić information content (AvgIpc) is 3.09. The Morgan fingerprint density at radius 3 is 2.60 bits per heavy atom. The maximum Gasteiger partial charge on any atom is 0.471 e. The first-order valence-corrected chi connectivity index (χ1v) is 10.9. The van der Waals surface area contributed by atoms with Gasteiger partial charge >= 0.3 is 7.12 Å². The summed E-state index contributed by atoms with van der Waals surface area (Å²) in [7, 11) is -2.61. The fourth-order valence-electron chi connectivity index (χ4n) is 3.18. The molecule has 0 spiro atoms. The number of fused-ring (bicyclic) bond motifs is 1. The minimum Gasteiger partial charge on any atom is -0.464 e. The number of carbonyl (C=O) groups excluding carboxylic acids is 1. The Hall–Kier alpha value is -2.66. The van der Waals surface area contributed by atoms with E-state index in [4.69, 9.17) is 4.42 Å². The van der Waals surface area contributed by atoms with Gasteiger partial charge in [-0.15, -0.1) is 0 Å². The molecule has 0 saturated heterocycles. The van der Waals surface area contributed by atoms with E-state index >= 15 is 0 Å². The molecule has 0 bridgehead atoms. The van der Waals surface area contributed by atoms with Gasteiger partial charge in [-0.05, 0) is 35.7 Å². The van der Waals surface area contributed by atoms with E-state index in [0.29, 0.717) is 22.3 Å². The van der Waals surface area contributed by atoms with Crippen LogP contribution in [0.1, 0.15) is 21.5 Å². The summed E-state index contributed by atoms with van der Waals surface area (Å²) in [6, 6.07) is 13.5. The number of nitrogens with zero attached hydrogens (tertiary/aromatic N) is 1. The summed E-state index contributed by atoms with van der Waals surface area (Å²) in [5, 5.41) is 20.3. The number of carbonyl (C=O) groups is 1. The van der Waals surface area contributed by atoms with Gasteiger partial charge < -0.3 is 19.4 Å². The fraction of sp³-hybridized carbons (Fsp3) is 0.250. The van der Waals surface area contributed by atoms with Gasteiger partial charge in [-0.1, -0.05) is 30.3 Å². The van der Waals surface area contributed by atoms with E-state index in [1.807, 2.05) is 18.2 Å². The molecule has 1 unspecified atom stereocenters. The number of benzene rings is 2. The van der Waals surface area contributed by atoms with Crippen LogP contribution >= 0.6 is 0 Å². The van der Waals surface area contributed by atoms with Crippen LogP contribution in [0.4, 0.5) is 0 Å². The molecule has 1 aromatic heterocycles. The maximum atomic E-state index is 12.7. The zero-order valence-corrected chi connectivity index (χ0v) is 17.5. The zero-order valence-electron chi connectivity index (χ0n) is 16.6. The third-order valence-electron chi connectivity index (χ3n) is 4.63. The van der Waals surface area contributed by atoms with Gasteiger partial charge in [-0.25, -0.2) is 13.1 Å². The summed E-state index contributed by atoms with van der Waals surface area (Å²) in [5.74, 6) is -1.81. The van der Waals surface area contributed by atoms with Crippen LogP contribution in [-0.2, 0) is 22.2 Å². The average molecular weight is 430 g/mol. The molecular weight excluding hydrogens is 407 g/mol. The first-order valence-electron chi connectivity index (χ1n) is 9.28. The highest BCUT2D eigenvalue weighted by Gasteiger charge is 2.29. The maximum absolute atomic E-state index is 12.7. The van der Waals surface area contributed by atoms with E-state index in [1.165, 1.54) is 17.2 Å². The third-order valence-corrected chi connectivity index (χ3v) is 6.00. The van der Waals surface area contributed by atoms with Crippen molar-refractivity contribution in [2.75, 3.05) is 14.1 Å². The number of hydrogen-bond acceptors (Lipinski definition) is 6. The van der Waals surface area contributed by atoms with E-state index in [2.05, 4.69) is 4.72 Å². The van der Waals surface area contributed by atoms with Gasteiger partial charge in [-0.3, -0.25) is 4.79 Å². The van der Waals surface area contributed by atoms with Crippen molar-refractivity contribution in [1.82, 2.24) is 9.62 Å². The Balaban J connectivity index is 1.76. The molecule has 0 aliphatic rings. The third kappa shape index (κ3) is 5.28. The van der Waals surface area contributed by atoms with Crippen molar-refractivity contribution in [2.45, 2.75) is 18.1 Å². The lowest BCUT2D eigenvalue weighted by molar-refractivity contribution is 0.0827. The van der Waals surface area contributed by atoms with Crippen molar-refractivity contribution in [3.63, 3.8) is 0 Å². The molecular formula is C20H23BN2O6S. The predicted molar refractivity (Wildman–Crippen MR) is 114 cm³/mol. The van der Waals surface area contributed by atoms with Crippen LogP contribution in [0.3, 0.4) is 0 Å². The summed E-state index contributed by atoms with van der Waals surface area (Å²) in [6.45, 7) is 0. The second-order valence-electron chi connectivity index (χ2n) is 7.26. The lowest BCUT2D eigenvalue weighted by Gasteiger charge is -2.18. The van der Waals surface area contributed by atoms with Gasteiger partial charge in [0.1, 0.15) is 5.58 Å². The first-order chi connectivity index (χ1) is 14.2. The monoisotopic (exact) mass is 430 g/mol. The van der Waals surface area contributed by atoms with Crippen LogP contribution in [0.2, 0.25) is 0 Å². The molecule has 3 rings (SSSR count). The van der Waals surface area contributed by atoms with Crippen molar-refractivity contribution in [1.29, 1.82) is 0 Å². The van der Waals surface area contributed by atoms with Gasteiger partial charge in [-0.2, -0.15) is 0 Å². The molecule has 1 heterocycles. The highest BCUT2D eigenvalue weighted by molar-refractivity contribution is 7.88. The Labute approximate surface area is 175 Å². The quantitative estimate of drug-likeness (QED) is 0.462. The Bertz CT molecular complexity index is 1140. The van der Waals surface area contributed by atoms with Crippen LogP contribution < -0.4 is 4.72 Å². The number of hydrogen-bond donors (Lipinski definition) is 3. The summed E-state index contributed by atoms with van der Waals surface area (Å²) in [4.78, 5) is 13.5. The van der Waals surface area contributed by atoms with Crippen molar-refractivity contribution in [2.24, 2.45) is 0 Å². The molecule has 0 aliphatic heterocycles. The van der Waals surface area contributed by atoms with Gasteiger partial charge in [0, 0.05) is 25.0 Å². The number of amides is 1. The molecule has 1 amide bonds. The molecule has 0 fully saturated rings. The van der Waals surface area contributed by atoms with E-state index in [-0.39, 0.29) is 12.3 Å². The molecule has 3 aromatic rings. The normalized spacial score (nSPS) is 12.7. The lowest BCUT2D eigenvalue weighted by Crippen LogP contribution is -2.48. The topological polar surface area (TPSA) is 120 Å². The number of rotatable bonds is 8. The fourth-order valence-corrected chi connectivity index (χ4v) is 4.55. The van der Waals surface area contributed by atoms with E-state index in [1.54, 1.807) is 38.4 Å². The van der Waals surface area contributed by atoms with E-state index < -0.39 is 28.8 Å². The summed E-state index contributed by atoms with van der Waals surface area (Å²) < 4.78 is 33.1. The first kappa shape index (κ1) is 22.0. The Morgan fingerprint density at radius 1 is 1.17 bits per heavy atom. The second-order valence-corrected chi connectivity index (χ2v) is 9.01. The summed E-state index contributed by atoms with van der Waals surface area (Å²) in [5.41, 5.74) is 2.07. The zero-order chi connectivity index (χ0) is 21.9. The van der Waals surface area contributed by atoms with Gasteiger partial charge in [0.2, 0.25) is 10.0 Å². The van der Waals surface area contributed by atoms with Crippen molar-refractivity contribution < 1.29 is 27.7 Å². The Kier molecular flexibility index (Phi) is 6.62. The molecule has 0 saturated carbocycles. The highest BCUT2D eigenvalue weighted by Crippen LogP contribution is 2.22. The Morgan fingerprint density at radius 2 is 1.90 bits per heavy atom. The minimum atomic E-state index is -3.92. The molecule has 3 N–H and O–H groups in total. The number of nitrogens with one attached hydrogen (secondary N) is 1. The minimum absolute atomic E-state index is 0.0348. The lowest BCUT2D eigenvalue weighted by atomic mass is 9.77. The van der Waals surface area contributed by atoms with Crippen molar-refractivity contribution in [3.05, 3.63) is 71.5 Å². The second kappa shape index (κ2) is 9.01. The van der Waals surface area contributed by atoms with E-state index in [0.717, 1.165) is 5.39 Å². The predicted octanol–water partition coefficient (Wildman–Crippen LogP) is 1.18. The molecule has 0 radical (unpaired) electrons. The number of para-hydroxylation sites is 1. The largest absolute Gasteiger partial charge is 0.471 e. The molecule has 2 aromatic carbocycles. The van der Waals surface area contributed by atoms with Gasteiger partial charge in [0.05, 0.1) is 18.0 Å². The van der Waals surface area contributed by atoms with Crippen LogP contribution in [0.5, 0.6) is 0 Å². The molecule has 158 valence electrons. The van der Waals surface area contributed by atoms with Crippen LogP contribution in [-0.4, -0.2) is 56.4 Å². The summed E-state index contributed by atoms with van der Waals surface area (Å²) >= 11 is 0. The highest BCUT2D eigenvalue weighted by atomic mass is 32.2. The van der Waals surface area contributed by atoms with Crippen LogP contribution in [0.15, 0.2) is 59.2 Å². The van der Waals surface area contributed by atoms with Crippen molar-refractivity contribution >= 4 is 34.0 Å². The number of sulfonamides is 1. The standard InChI is InChI=1S/C20H23BN2O6S/c1-23(2)20(24)15-7-5-6-14(10-15)13-30(27,28)22-19(21(25)26)11-16-12-29-18-9-4-3-8-17(16)18/h3-10,12,19,22,25-26H,11,13H2,1-2H3. The smallest absolute Gasteiger partial charge is 0.464 e. The van der Waals surface area contributed by atoms with Crippen molar-refractivity contribution in [3.8, 4) is 0 Å². The SMILES string of the molecule is CN(C)C(=O)c1cccc(CS(=O)(=O)NC(Cc2coc3ccccc23)B(O)O)c1.